The first-order chi connectivity index (χ1) is 13.1. The Balaban J connectivity index is 0.00000392. The molecule has 0 aromatic heterocycles. The van der Waals surface area contributed by atoms with Crippen LogP contribution in [-0.2, 0) is 13.0 Å². The predicted octanol–water partition coefficient (Wildman–Crippen LogP) is 3.89. The topological polar surface area (TPSA) is 64.1 Å². The fourth-order valence-electron chi connectivity index (χ4n) is 2.62. The van der Waals surface area contributed by atoms with E-state index in [1.165, 1.54) is 5.56 Å². The SMILES string of the molecule is CN=C(NCCc1ccc(Cl)cc1)NCc1c(OC)cc(OC)cc1OC.I. The van der Waals surface area contributed by atoms with Crippen LogP contribution < -0.4 is 24.8 Å². The van der Waals surface area contributed by atoms with Crippen LogP contribution in [0.15, 0.2) is 41.4 Å². The molecule has 0 saturated heterocycles. The van der Waals surface area contributed by atoms with Crippen molar-refractivity contribution < 1.29 is 14.2 Å². The molecule has 0 fully saturated rings. The fraction of sp³-hybridized carbons (Fsp3) is 0.350. The first-order valence-electron chi connectivity index (χ1n) is 8.59. The van der Waals surface area contributed by atoms with E-state index in [4.69, 9.17) is 25.8 Å². The molecule has 8 heteroatoms. The molecule has 0 heterocycles. The number of nitrogens with one attached hydrogen (secondary N) is 2. The van der Waals surface area contributed by atoms with Gasteiger partial charge in [-0.15, -0.1) is 24.0 Å². The second kappa shape index (κ2) is 12.6. The molecule has 0 saturated carbocycles. The minimum absolute atomic E-state index is 0. The van der Waals surface area contributed by atoms with Gasteiger partial charge >= 0.3 is 0 Å². The Hall–Kier alpha value is -1.87. The maximum absolute atomic E-state index is 5.91. The highest BCUT2D eigenvalue weighted by atomic mass is 127. The van der Waals surface area contributed by atoms with E-state index in [1.54, 1.807) is 28.4 Å². The lowest BCUT2D eigenvalue weighted by Crippen LogP contribution is -2.38. The maximum Gasteiger partial charge on any atom is 0.191 e. The smallest absolute Gasteiger partial charge is 0.191 e. The largest absolute Gasteiger partial charge is 0.496 e. The molecule has 2 rings (SSSR count). The molecule has 0 aliphatic heterocycles. The minimum atomic E-state index is 0. The predicted molar refractivity (Wildman–Crippen MR) is 125 cm³/mol. The number of rotatable bonds is 8. The lowest BCUT2D eigenvalue weighted by atomic mass is 10.1. The number of guanidine groups is 1. The van der Waals surface area contributed by atoms with E-state index in [-0.39, 0.29) is 24.0 Å². The van der Waals surface area contributed by atoms with Crippen molar-refractivity contribution in [1.82, 2.24) is 10.6 Å². The molecule has 0 amide bonds. The molecule has 0 atom stereocenters. The average molecular weight is 520 g/mol. The Kier molecular flexibility index (Phi) is 10.8. The van der Waals surface area contributed by atoms with Crippen LogP contribution in [0.3, 0.4) is 0 Å². The van der Waals surface area contributed by atoms with Crippen molar-refractivity contribution in [2.75, 3.05) is 34.9 Å². The van der Waals surface area contributed by atoms with E-state index in [9.17, 15) is 0 Å². The van der Waals surface area contributed by atoms with Gasteiger partial charge in [-0.1, -0.05) is 23.7 Å². The summed E-state index contributed by atoms with van der Waals surface area (Å²) < 4.78 is 16.2. The van der Waals surface area contributed by atoms with Crippen LogP contribution in [0, 0.1) is 0 Å². The van der Waals surface area contributed by atoms with Crippen molar-refractivity contribution in [3.8, 4) is 17.2 Å². The number of hydrogen-bond donors (Lipinski definition) is 2. The summed E-state index contributed by atoms with van der Waals surface area (Å²) in [5.74, 6) is 2.76. The zero-order valence-electron chi connectivity index (χ0n) is 16.5. The fourth-order valence-corrected chi connectivity index (χ4v) is 2.75. The van der Waals surface area contributed by atoms with Gasteiger partial charge in [0.25, 0.3) is 0 Å². The third-order valence-corrected chi connectivity index (χ3v) is 4.34. The van der Waals surface area contributed by atoms with Crippen LogP contribution in [-0.4, -0.2) is 40.9 Å². The molecule has 2 aromatic carbocycles. The summed E-state index contributed by atoms with van der Waals surface area (Å²) in [6, 6.07) is 11.5. The van der Waals surface area contributed by atoms with Gasteiger partial charge in [0.05, 0.1) is 33.4 Å². The highest BCUT2D eigenvalue weighted by Gasteiger charge is 2.13. The number of halogens is 2. The first kappa shape index (κ1) is 24.2. The molecular weight excluding hydrogens is 493 g/mol. The minimum Gasteiger partial charge on any atom is -0.496 e. The molecule has 0 spiro atoms. The Bertz CT molecular complexity index is 745. The quantitative estimate of drug-likeness (QED) is 0.315. The Morgan fingerprint density at radius 3 is 2.07 bits per heavy atom. The molecule has 0 aliphatic rings. The van der Waals surface area contributed by atoms with Gasteiger partial charge in [-0.05, 0) is 24.1 Å². The van der Waals surface area contributed by atoms with Crippen LogP contribution in [0.2, 0.25) is 5.02 Å². The number of ether oxygens (including phenoxy) is 3. The normalized spacial score (nSPS) is 10.7. The third-order valence-electron chi connectivity index (χ3n) is 4.09. The molecule has 6 nitrogen and oxygen atoms in total. The Morgan fingerprint density at radius 2 is 1.57 bits per heavy atom. The van der Waals surface area contributed by atoms with Gasteiger partial charge < -0.3 is 24.8 Å². The molecule has 2 N–H and O–H groups in total. The van der Waals surface area contributed by atoms with Gasteiger partial charge in [-0.3, -0.25) is 4.99 Å². The van der Waals surface area contributed by atoms with E-state index in [0.29, 0.717) is 29.8 Å². The average Bonchev–Trinajstić information content (AvgIpc) is 2.71. The van der Waals surface area contributed by atoms with Crippen LogP contribution in [0.4, 0.5) is 0 Å². The van der Waals surface area contributed by atoms with E-state index in [2.05, 4.69) is 15.6 Å². The molecular formula is C20H27ClIN3O3. The van der Waals surface area contributed by atoms with Gasteiger partial charge in [0, 0.05) is 30.7 Å². The van der Waals surface area contributed by atoms with Crippen molar-refractivity contribution >= 4 is 41.5 Å². The summed E-state index contributed by atoms with van der Waals surface area (Å²) in [6.07, 6.45) is 0.868. The number of hydrogen-bond acceptors (Lipinski definition) is 4. The highest BCUT2D eigenvalue weighted by Crippen LogP contribution is 2.33. The molecule has 28 heavy (non-hydrogen) atoms. The first-order valence-corrected chi connectivity index (χ1v) is 8.97. The molecule has 2 aromatic rings. The van der Waals surface area contributed by atoms with Crippen molar-refractivity contribution in [2.24, 2.45) is 4.99 Å². The van der Waals surface area contributed by atoms with E-state index in [1.807, 2.05) is 36.4 Å². The second-order valence-electron chi connectivity index (χ2n) is 5.74. The summed E-state index contributed by atoms with van der Waals surface area (Å²) >= 11 is 5.91. The lowest BCUT2D eigenvalue weighted by molar-refractivity contribution is 0.368. The zero-order chi connectivity index (χ0) is 19.6. The third kappa shape index (κ3) is 6.94. The maximum atomic E-state index is 5.91. The highest BCUT2D eigenvalue weighted by molar-refractivity contribution is 14.0. The van der Waals surface area contributed by atoms with Gasteiger partial charge in [0.2, 0.25) is 0 Å². The molecule has 0 unspecified atom stereocenters. The second-order valence-corrected chi connectivity index (χ2v) is 6.18. The van der Waals surface area contributed by atoms with Crippen LogP contribution in [0.5, 0.6) is 17.2 Å². The molecule has 0 radical (unpaired) electrons. The number of methoxy groups -OCH3 is 3. The van der Waals surface area contributed by atoms with Gasteiger partial charge in [0.1, 0.15) is 17.2 Å². The summed E-state index contributed by atoms with van der Waals surface area (Å²) in [6.45, 7) is 1.25. The van der Waals surface area contributed by atoms with Crippen molar-refractivity contribution in [3.05, 3.63) is 52.5 Å². The van der Waals surface area contributed by atoms with Crippen molar-refractivity contribution in [1.29, 1.82) is 0 Å². The van der Waals surface area contributed by atoms with Gasteiger partial charge in [-0.2, -0.15) is 0 Å². The van der Waals surface area contributed by atoms with E-state index >= 15 is 0 Å². The van der Waals surface area contributed by atoms with Gasteiger partial charge in [-0.25, -0.2) is 0 Å². The molecule has 0 bridgehead atoms. The van der Waals surface area contributed by atoms with Crippen LogP contribution in [0.25, 0.3) is 0 Å². The summed E-state index contributed by atoms with van der Waals surface area (Å²) in [7, 11) is 6.59. The standard InChI is InChI=1S/C20H26ClN3O3.HI/c1-22-20(23-10-9-14-5-7-15(21)8-6-14)24-13-17-18(26-3)11-16(25-2)12-19(17)27-4;/h5-8,11-12H,9-10,13H2,1-4H3,(H2,22,23,24);1H. The number of nitrogens with zero attached hydrogens (tertiary/aromatic N) is 1. The Morgan fingerprint density at radius 1 is 0.964 bits per heavy atom. The number of aliphatic imine (C=N–C) groups is 1. The van der Waals surface area contributed by atoms with Crippen molar-refractivity contribution in [3.63, 3.8) is 0 Å². The summed E-state index contributed by atoms with van der Waals surface area (Å²) in [4.78, 5) is 4.26. The zero-order valence-corrected chi connectivity index (χ0v) is 19.6. The molecule has 154 valence electrons. The monoisotopic (exact) mass is 519 g/mol. The van der Waals surface area contributed by atoms with Gasteiger partial charge in [0.15, 0.2) is 5.96 Å². The summed E-state index contributed by atoms with van der Waals surface area (Å²) in [5, 5.41) is 7.33. The summed E-state index contributed by atoms with van der Waals surface area (Å²) in [5.41, 5.74) is 2.10. The van der Waals surface area contributed by atoms with Crippen LogP contribution in [0.1, 0.15) is 11.1 Å². The molecule has 0 aliphatic carbocycles. The van der Waals surface area contributed by atoms with E-state index in [0.717, 1.165) is 23.6 Å². The number of benzene rings is 2. The van der Waals surface area contributed by atoms with Crippen molar-refractivity contribution in [2.45, 2.75) is 13.0 Å². The van der Waals surface area contributed by atoms with Crippen LogP contribution >= 0.6 is 35.6 Å². The lowest BCUT2D eigenvalue weighted by Gasteiger charge is -2.17. The Labute approximate surface area is 188 Å². The van der Waals surface area contributed by atoms with E-state index < -0.39 is 0 Å².